The van der Waals surface area contributed by atoms with Crippen molar-refractivity contribution in [1.29, 1.82) is 0 Å². The molecule has 0 saturated carbocycles. The Labute approximate surface area is 136 Å². The molecule has 1 aliphatic heterocycles. The van der Waals surface area contributed by atoms with Crippen LogP contribution in [0, 0.1) is 0 Å². The Morgan fingerprint density at radius 3 is 2.13 bits per heavy atom. The second-order valence-corrected chi connectivity index (χ2v) is 8.29. The quantitative estimate of drug-likeness (QED) is 0.652. The summed E-state index contributed by atoms with van der Waals surface area (Å²) in [6.45, 7) is 2.78. The lowest BCUT2D eigenvalue weighted by Crippen LogP contribution is -2.36. The zero-order valence-electron chi connectivity index (χ0n) is 13.0. The van der Waals surface area contributed by atoms with Crippen LogP contribution in [0.1, 0.15) is 6.92 Å². The highest BCUT2D eigenvalue weighted by molar-refractivity contribution is 7.80. The first kappa shape index (κ1) is 14.3. The zero-order valence-corrected chi connectivity index (χ0v) is 13.9. The molecule has 1 aliphatic rings. The van der Waals surface area contributed by atoms with Crippen LogP contribution in [0.15, 0.2) is 78.9 Å². The number of hydrogen-bond donors (Lipinski definition) is 0. The molecule has 0 bridgehead atoms. The lowest BCUT2D eigenvalue weighted by atomic mass is 10.0. The molecule has 0 aliphatic carbocycles. The average Bonchev–Trinajstić information content (AvgIpc) is 2.63. The largest absolute Gasteiger partial charge is 0.315 e. The van der Waals surface area contributed by atoms with E-state index in [1.807, 2.05) is 60.7 Å². The molecule has 4 rings (SSSR count). The van der Waals surface area contributed by atoms with E-state index in [2.05, 4.69) is 29.8 Å². The summed E-state index contributed by atoms with van der Waals surface area (Å²) >= 11 is 0. The molecule has 0 aromatic heterocycles. The summed E-state index contributed by atoms with van der Waals surface area (Å²) in [5, 5.41) is 1.83. The van der Waals surface area contributed by atoms with E-state index in [1.165, 1.54) is 0 Å². The van der Waals surface area contributed by atoms with Crippen molar-refractivity contribution in [2.75, 3.05) is 11.2 Å². The minimum absolute atomic E-state index is 0.706. The number of rotatable bonds is 2. The summed E-state index contributed by atoms with van der Waals surface area (Å²) in [4.78, 5) is 0. The van der Waals surface area contributed by atoms with Gasteiger partial charge >= 0.3 is 0 Å². The van der Waals surface area contributed by atoms with Crippen LogP contribution in [0.5, 0.6) is 0 Å². The molecule has 2 nitrogen and oxygen atoms in total. The van der Waals surface area contributed by atoms with Gasteiger partial charge in [-0.25, -0.2) is 0 Å². The van der Waals surface area contributed by atoms with Crippen LogP contribution in [0.25, 0.3) is 11.1 Å². The summed E-state index contributed by atoms with van der Waals surface area (Å²) in [5.41, 5.74) is 3.30. The summed E-state index contributed by atoms with van der Waals surface area (Å²) < 4.78 is 16.4. The van der Waals surface area contributed by atoms with Crippen molar-refractivity contribution in [2.45, 2.75) is 6.92 Å². The first-order valence-corrected chi connectivity index (χ1v) is 9.55. The molecule has 0 saturated heterocycles. The summed E-state index contributed by atoms with van der Waals surface area (Å²) in [5.74, 6) is 0. The van der Waals surface area contributed by atoms with Gasteiger partial charge in [0.15, 0.2) is 0 Å². The predicted molar refractivity (Wildman–Crippen MR) is 98.2 cm³/mol. The smallest absolute Gasteiger partial charge is 0.230 e. The molecule has 0 unspecified atom stereocenters. The Bertz CT molecular complexity index is 904. The van der Waals surface area contributed by atoms with Crippen molar-refractivity contribution >= 4 is 23.6 Å². The van der Waals surface area contributed by atoms with Gasteiger partial charge in [0.05, 0.1) is 5.69 Å². The molecule has 3 aromatic carbocycles. The molecule has 3 aromatic rings. The number of benzene rings is 3. The standard InChI is InChI=1S/C20H18NOP/c1-2-21-19-14-8-6-12-17(19)18-13-7-9-15-20(18)23(21,22)16-10-4-3-5-11-16/h3-15H,2H2,1H3/t23-/m1/s1. The zero-order chi connectivity index (χ0) is 15.9. The minimum Gasteiger partial charge on any atom is -0.315 e. The van der Waals surface area contributed by atoms with Crippen LogP contribution < -0.4 is 15.3 Å². The molecule has 1 atom stereocenters. The summed E-state index contributed by atoms with van der Waals surface area (Å²) in [6.07, 6.45) is 0. The molecule has 0 spiro atoms. The third-order valence-corrected chi connectivity index (χ3v) is 7.67. The second-order valence-electron chi connectivity index (χ2n) is 5.66. The van der Waals surface area contributed by atoms with E-state index in [4.69, 9.17) is 0 Å². The van der Waals surface area contributed by atoms with Crippen molar-refractivity contribution in [1.82, 2.24) is 0 Å². The van der Waals surface area contributed by atoms with Crippen LogP contribution in [0.2, 0.25) is 0 Å². The molecule has 0 amide bonds. The van der Waals surface area contributed by atoms with Gasteiger partial charge in [0.25, 0.3) is 0 Å². The van der Waals surface area contributed by atoms with Crippen molar-refractivity contribution in [2.24, 2.45) is 0 Å². The van der Waals surface area contributed by atoms with E-state index in [1.54, 1.807) is 0 Å². The summed E-state index contributed by atoms with van der Waals surface area (Å²) in [6, 6.07) is 26.2. The van der Waals surface area contributed by atoms with Gasteiger partial charge in [0.1, 0.15) is 0 Å². The topological polar surface area (TPSA) is 20.3 Å². The molecular weight excluding hydrogens is 301 g/mol. The van der Waals surface area contributed by atoms with E-state index in [0.717, 1.165) is 27.4 Å². The van der Waals surface area contributed by atoms with Gasteiger partial charge in [-0.1, -0.05) is 54.6 Å². The first-order valence-electron chi connectivity index (χ1n) is 7.89. The molecule has 3 heteroatoms. The Kier molecular flexibility index (Phi) is 3.36. The monoisotopic (exact) mass is 319 g/mol. The van der Waals surface area contributed by atoms with Crippen LogP contribution in [-0.4, -0.2) is 6.54 Å². The predicted octanol–water partition coefficient (Wildman–Crippen LogP) is 4.42. The van der Waals surface area contributed by atoms with Crippen LogP contribution in [-0.2, 0) is 4.57 Å². The Balaban J connectivity index is 2.10. The van der Waals surface area contributed by atoms with Gasteiger partial charge in [0.2, 0.25) is 7.29 Å². The average molecular weight is 319 g/mol. The fraction of sp³-hybridized carbons (Fsp3) is 0.100. The molecule has 0 radical (unpaired) electrons. The highest BCUT2D eigenvalue weighted by Gasteiger charge is 2.40. The van der Waals surface area contributed by atoms with E-state index in [0.29, 0.717) is 6.54 Å². The highest BCUT2D eigenvalue weighted by Crippen LogP contribution is 2.57. The molecular formula is C20H18NOP. The lowest BCUT2D eigenvalue weighted by Gasteiger charge is -2.39. The highest BCUT2D eigenvalue weighted by atomic mass is 31.2. The number of nitrogens with zero attached hydrogens (tertiary/aromatic N) is 1. The van der Waals surface area contributed by atoms with Crippen molar-refractivity contribution in [3.8, 4) is 11.1 Å². The third kappa shape index (κ3) is 1.99. The van der Waals surface area contributed by atoms with Gasteiger partial charge in [-0.15, -0.1) is 0 Å². The van der Waals surface area contributed by atoms with Gasteiger partial charge in [-0.05, 0) is 36.8 Å². The minimum atomic E-state index is -2.86. The number of para-hydroxylation sites is 1. The fourth-order valence-electron chi connectivity index (χ4n) is 3.45. The maximum atomic E-state index is 14.3. The van der Waals surface area contributed by atoms with Crippen LogP contribution >= 0.6 is 7.29 Å². The molecule has 23 heavy (non-hydrogen) atoms. The molecule has 0 N–H and O–H groups in total. The maximum Gasteiger partial charge on any atom is 0.230 e. The van der Waals surface area contributed by atoms with Gasteiger partial charge in [0, 0.05) is 22.7 Å². The summed E-state index contributed by atoms with van der Waals surface area (Å²) in [7, 11) is -2.86. The molecule has 0 fully saturated rings. The number of hydrogen-bond acceptors (Lipinski definition) is 1. The second kappa shape index (κ2) is 5.40. The Morgan fingerprint density at radius 2 is 1.39 bits per heavy atom. The number of anilines is 1. The Hall–Kier alpha value is -2.31. The van der Waals surface area contributed by atoms with Gasteiger partial charge in [-0.2, -0.15) is 0 Å². The Morgan fingerprint density at radius 1 is 0.783 bits per heavy atom. The van der Waals surface area contributed by atoms with E-state index in [9.17, 15) is 4.57 Å². The molecule has 1 heterocycles. The molecule has 114 valence electrons. The van der Waals surface area contributed by atoms with E-state index < -0.39 is 7.29 Å². The van der Waals surface area contributed by atoms with E-state index in [-0.39, 0.29) is 0 Å². The number of fused-ring (bicyclic) bond motifs is 3. The van der Waals surface area contributed by atoms with Crippen LogP contribution in [0.3, 0.4) is 0 Å². The fourth-order valence-corrected chi connectivity index (χ4v) is 6.53. The first-order chi connectivity index (χ1) is 11.3. The van der Waals surface area contributed by atoms with Crippen LogP contribution in [0.4, 0.5) is 5.69 Å². The van der Waals surface area contributed by atoms with Gasteiger partial charge < -0.3 is 4.67 Å². The lowest BCUT2D eigenvalue weighted by molar-refractivity contribution is 0.584. The van der Waals surface area contributed by atoms with Gasteiger partial charge in [-0.3, -0.25) is 4.57 Å². The normalized spacial score (nSPS) is 19.1. The van der Waals surface area contributed by atoms with E-state index >= 15 is 0 Å². The SMILES string of the molecule is CCN1c2ccccc2-c2ccccc2[P@]1(=O)c1ccccc1. The third-order valence-electron chi connectivity index (χ3n) is 4.45. The maximum absolute atomic E-state index is 14.3. The van der Waals surface area contributed by atoms with Crippen molar-refractivity contribution < 1.29 is 4.57 Å². The van der Waals surface area contributed by atoms with Crippen molar-refractivity contribution in [3.63, 3.8) is 0 Å². The van der Waals surface area contributed by atoms with Crippen molar-refractivity contribution in [3.05, 3.63) is 78.9 Å².